The summed E-state index contributed by atoms with van der Waals surface area (Å²) in [6, 6.07) is 8.40. The van der Waals surface area contributed by atoms with Crippen molar-refractivity contribution in [2.45, 2.75) is 25.9 Å². The van der Waals surface area contributed by atoms with E-state index in [1.54, 1.807) is 23.1 Å². The number of carbonyl (C=O) groups excluding carboxylic acids is 1. The number of aromatic nitrogens is 5. The standard InChI is InChI=1S/C23H26N8O2/c1-13-11-31(12-14(2)26-13)17-8-7-15(19-16(17)10-25-23(27-19)33-4)22(32)28-21-20-18(30(3)29-21)6-5-9-24-20/h5-10,13-14,26H,11-12H2,1-4H3,(H,28,29,32)/t13-,14+. The first-order chi connectivity index (χ1) is 15.9. The van der Waals surface area contributed by atoms with Crippen molar-refractivity contribution in [2.24, 2.45) is 7.05 Å². The van der Waals surface area contributed by atoms with Crippen LogP contribution in [0.5, 0.6) is 6.01 Å². The molecule has 5 rings (SSSR count). The summed E-state index contributed by atoms with van der Waals surface area (Å²) in [6.07, 6.45) is 3.40. The Morgan fingerprint density at radius 3 is 2.70 bits per heavy atom. The highest BCUT2D eigenvalue weighted by Gasteiger charge is 2.25. The van der Waals surface area contributed by atoms with E-state index >= 15 is 0 Å². The van der Waals surface area contributed by atoms with Crippen LogP contribution < -0.4 is 20.3 Å². The van der Waals surface area contributed by atoms with E-state index in [2.05, 4.69) is 49.4 Å². The number of pyridine rings is 1. The van der Waals surface area contributed by atoms with E-state index in [-0.39, 0.29) is 11.9 Å². The van der Waals surface area contributed by atoms with Crippen molar-refractivity contribution >= 4 is 39.3 Å². The number of rotatable bonds is 4. The average Bonchev–Trinajstić information content (AvgIpc) is 3.12. The first-order valence-electron chi connectivity index (χ1n) is 10.9. The number of aryl methyl sites for hydroxylation is 1. The fourth-order valence-corrected chi connectivity index (χ4v) is 4.52. The largest absolute Gasteiger partial charge is 0.467 e. The third-order valence-electron chi connectivity index (χ3n) is 5.87. The molecular formula is C23H26N8O2. The second-order valence-corrected chi connectivity index (χ2v) is 8.42. The molecule has 1 aromatic carbocycles. The van der Waals surface area contributed by atoms with Crippen LogP contribution in [-0.4, -0.2) is 62.9 Å². The summed E-state index contributed by atoms with van der Waals surface area (Å²) in [6.45, 7) is 6.03. The predicted molar refractivity (Wildman–Crippen MR) is 127 cm³/mol. The van der Waals surface area contributed by atoms with E-state index < -0.39 is 0 Å². The molecular weight excluding hydrogens is 420 g/mol. The summed E-state index contributed by atoms with van der Waals surface area (Å²) in [7, 11) is 3.33. The van der Waals surface area contributed by atoms with Gasteiger partial charge in [-0.2, -0.15) is 10.1 Å². The van der Waals surface area contributed by atoms with E-state index in [9.17, 15) is 4.79 Å². The van der Waals surface area contributed by atoms with Crippen LogP contribution in [-0.2, 0) is 7.05 Å². The zero-order valence-electron chi connectivity index (χ0n) is 19.0. The van der Waals surface area contributed by atoms with Crippen molar-refractivity contribution in [2.75, 3.05) is 30.4 Å². The lowest BCUT2D eigenvalue weighted by atomic mass is 10.0. The van der Waals surface area contributed by atoms with E-state index in [1.807, 2.05) is 25.2 Å². The topological polar surface area (TPSA) is 110 Å². The number of hydrogen-bond acceptors (Lipinski definition) is 8. The number of fused-ring (bicyclic) bond motifs is 2. The van der Waals surface area contributed by atoms with Crippen LogP contribution in [0.15, 0.2) is 36.7 Å². The Labute approximate surface area is 191 Å². The molecule has 0 unspecified atom stereocenters. The Bertz CT molecular complexity index is 1340. The lowest BCUT2D eigenvalue weighted by molar-refractivity contribution is 0.102. The number of benzene rings is 1. The summed E-state index contributed by atoms with van der Waals surface area (Å²) in [5, 5.41) is 11.7. The summed E-state index contributed by atoms with van der Waals surface area (Å²) in [4.78, 5) is 28.9. The molecule has 0 radical (unpaired) electrons. The van der Waals surface area contributed by atoms with Crippen molar-refractivity contribution in [3.63, 3.8) is 0 Å². The third-order valence-corrected chi connectivity index (χ3v) is 5.87. The van der Waals surface area contributed by atoms with Crippen molar-refractivity contribution in [3.8, 4) is 6.01 Å². The van der Waals surface area contributed by atoms with E-state index in [1.165, 1.54) is 7.11 Å². The fraction of sp³-hybridized carbons (Fsp3) is 0.348. The van der Waals surface area contributed by atoms with E-state index in [0.717, 1.165) is 29.7 Å². The molecule has 1 fully saturated rings. The number of piperazine rings is 1. The van der Waals surface area contributed by atoms with Crippen molar-refractivity contribution in [3.05, 3.63) is 42.2 Å². The maximum absolute atomic E-state index is 13.4. The molecule has 4 aromatic rings. The van der Waals surface area contributed by atoms with E-state index in [0.29, 0.717) is 34.5 Å². The highest BCUT2D eigenvalue weighted by Crippen LogP contribution is 2.31. The molecule has 1 aliphatic heterocycles. The molecule has 33 heavy (non-hydrogen) atoms. The lowest BCUT2D eigenvalue weighted by Gasteiger charge is -2.38. The van der Waals surface area contributed by atoms with Gasteiger partial charge in [0, 0.05) is 55.7 Å². The van der Waals surface area contributed by atoms with Crippen LogP contribution in [0, 0.1) is 0 Å². The van der Waals surface area contributed by atoms with Crippen LogP contribution in [0.1, 0.15) is 24.2 Å². The van der Waals surface area contributed by atoms with Crippen molar-refractivity contribution in [1.82, 2.24) is 30.0 Å². The van der Waals surface area contributed by atoms with Gasteiger partial charge in [-0.3, -0.25) is 14.5 Å². The molecule has 0 bridgehead atoms. The maximum atomic E-state index is 13.4. The third kappa shape index (κ3) is 3.82. The minimum absolute atomic E-state index is 0.209. The molecule has 2 N–H and O–H groups in total. The molecule has 1 saturated heterocycles. The van der Waals surface area contributed by atoms with Crippen LogP contribution in [0.25, 0.3) is 21.9 Å². The smallest absolute Gasteiger partial charge is 0.316 e. The molecule has 2 atom stereocenters. The molecule has 0 spiro atoms. The van der Waals surface area contributed by atoms with Gasteiger partial charge in [-0.15, -0.1) is 0 Å². The van der Waals surface area contributed by atoms with Crippen molar-refractivity contribution < 1.29 is 9.53 Å². The highest BCUT2D eigenvalue weighted by atomic mass is 16.5. The van der Waals surface area contributed by atoms with Gasteiger partial charge < -0.3 is 20.3 Å². The van der Waals surface area contributed by atoms with Gasteiger partial charge in [0.15, 0.2) is 5.82 Å². The Balaban J connectivity index is 1.57. The van der Waals surface area contributed by atoms with Crippen LogP contribution >= 0.6 is 0 Å². The number of hydrogen-bond donors (Lipinski definition) is 2. The monoisotopic (exact) mass is 446 g/mol. The Kier molecular flexibility index (Phi) is 5.29. The maximum Gasteiger partial charge on any atom is 0.316 e. The zero-order valence-corrected chi connectivity index (χ0v) is 19.0. The highest BCUT2D eigenvalue weighted by molar-refractivity contribution is 6.15. The molecule has 0 saturated carbocycles. The van der Waals surface area contributed by atoms with Gasteiger partial charge in [-0.1, -0.05) is 0 Å². The van der Waals surface area contributed by atoms with Gasteiger partial charge >= 0.3 is 6.01 Å². The number of carbonyl (C=O) groups is 1. The molecule has 10 nitrogen and oxygen atoms in total. The predicted octanol–water partition coefficient (Wildman–Crippen LogP) is 2.36. The molecule has 1 aliphatic rings. The number of anilines is 2. The van der Waals surface area contributed by atoms with Gasteiger partial charge in [-0.05, 0) is 38.1 Å². The van der Waals surface area contributed by atoms with Crippen molar-refractivity contribution in [1.29, 1.82) is 0 Å². The minimum Gasteiger partial charge on any atom is -0.467 e. The molecule has 4 heterocycles. The Morgan fingerprint density at radius 1 is 1.15 bits per heavy atom. The molecule has 3 aromatic heterocycles. The molecule has 10 heteroatoms. The van der Waals surface area contributed by atoms with Gasteiger partial charge in [0.25, 0.3) is 5.91 Å². The van der Waals surface area contributed by atoms with Gasteiger partial charge in [0.05, 0.1) is 23.7 Å². The molecule has 0 aliphatic carbocycles. The normalized spacial score (nSPS) is 18.6. The number of nitrogens with one attached hydrogen (secondary N) is 2. The lowest BCUT2D eigenvalue weighted by Crippen LogP contribution is -2.54. The molecule has 170 valence electrons. The number of amides is 1. The number of nitrogens with zero attached hydrogens (tertiary/aromatic N) is 6. The van der Waals surface area contributed by atoms with Crippen LogP contribution in [0.2, 0.25) is 0 Å². The number of methoxy groups -OCH3 is 1. The van der Waals surface area contributed by atoms with Crippen LogP contribution in [0.3, 0.4) is 0 Å². The van der Waals surface area contributed by atoms with Gasteiger partial charge in [-0.25, -0.2) is 4.98 Å². The second kappa shape index (κ2) is 8.28. The second-order valence-electron chi connectivity index (χ2n) is 8.42. The van der Waals surface area contributed by atoms with Gasteiger partial charge in [0.2, 0.25) is 0 Å². The summed E-state index contributed by atoms with van der Waals surface area (Å²) < 4.78 is 6.94. The SMILES string of the molecule is COc1ncc2c(N3C[C@@H](C)N[C@@H](C)C3)ccc(C(=O)Nc3nn(C)c4cccnc34)c2n1. The zero-order chi connectivity index (χ0) is 23.1. The fourth-order valence-electron chi connectivity index (χ4n) is 4.52. The van der Waals surface area contributed by atoms with Crippen LogP contribution in [0.4, 0.5) is 11.5 Å². The first kappa shape index (κ1) is 21.1. The Morgan fingerprint density at radius 2 is 1.94 bits per heavy atom. The summed E-state index contributed by atoms with van der Waals surface area (Å²) in [5.41, 5.74) is 3.41. The Hall–Kier alpha value is -3.79. The quantitative estimate of drug-likeness (QED) is 0.492. The molecule has 1 amide bonds. The summed E-state index contributed by atoms with van der Waals surface area (Å²) >= 11 is 0. The van der Waals surface area contributed by atoms with Gasteiger partial charge in [0.1, 0.15) is 5.52 Å². The minimum atomic E-state index is -0.319. The average molecular weight is 447 g/mol. The number of ether oxygens (including phenoxy) is 1. The summed E-state index contributed by atoms with van der Waals surface area (Å²) in [5.74, 6) is 0.0844. The van der Waals surface area contributed by atoms with E-state index in [4.69, 9.17) is 4.74 Å². The first-order valence-corrected chi connectivity index (χ1v) is 10.9.